The van der Waals surface area contributed by atoms with Gasteiger partial charge < -0.3 is 20.4 Å². The summed E-state index contributed by atoms with van der Waals surface area (Å²) in [6.45, 7) is 10.4. The molecule has 0 saturated carbocycles. The number of nitrogens with two attached hydrogens (primary N) is 1. The smallest absolute Gasteiger partial charge is 0.341 e. The first-order valence-corrected chi connectivity index (χ1v) is 13.4. The zero-order valence-corrected chi connectivity index (χ0v) is 22.1. The van der Waals surface area contributed by atoms with Crippen LogP contribution in [0, 0.1) is 20.8 Å². The predicted molar refractivity (Wildman–Crippen MR) is 136 cm³/mol. The molecule has 3 rings (SSSR count). The highest BCUT2D eigenvalue weighted by Gasteiger charge is 2.26. The summed E-state index contributed by atoms with van der Waals surface area (Å²) in [4.78, 5) is 38.4. The van der Waals surface area contributed by atoms with E-state index < -0.39 is 11.9 Å². The third kappa shape index (κ3) is 5.34. The van der Waals surface area contributed by atoms with E-state index in [-0.39, 0.29) is 33.7 Å². The topological polar surface area (TPSA) is 129 Å². The van der Waals surface area contributed by atoms with Gasteiger partial charge in [0.15, 0.2) is 11.0 Å². The van der Waals surface area contributed by atoms with Crippen molar-refractivity contribution in [3.63, 3.8) is 0 Å². The van der Waals surface area contributed by atoms with Crippen molar-refractivity contribution in [2.45, 2.75) is 52.7 Å². The zero-order chi connectivity index (χ0) is 25.0. The summed E-state index contributed by atoms with van der Waals surface area (Å²) in [5, 5.41) is 14.4. The zero-order valence-electron chi connectivity index (χ0n) is 19.7. The van der Waals surface area contributed by atoms with Gasteiger partial charge in [0, 0.05) is 22.4 Å². The number of carbonyl (C=O) groups excluding carboxylic acids is 3. The minimum Gasteiger partial charge on any atom is -0.462 e. The number of anilines is 1. The Bertz CT molecular complexity index is 1230. The maximum absolute atomic E-state index is 12.8. The van der Waals surface area contributed by atoms with Crippen LogP contribution in [0.25, 0.3) is 11.4 Å². The number of nitrogens with zero attached hydrogens (tertiary/aromatic N) is 3. The Kier molecular flexibility index (Phi) is 8.50. The molecule has 3 aromatic heterocycles. The number of carbonyl (C=O) groups is 3. The van der Waals surface area contributed by atoms with Crippen molar-refractivity contribution in [2.75, 3.05) is 17.7 Å². The van der Waals surface area contributed by atoms with Crippen molar-refractivity contribution in [3.8, 4) is 11.4 Å². The van der Waals surface area contributed by atoms with E-state index in [9.17, 15) is 14.4 Å². The van der Waals surface area contributed by atoms with E-state index >= 15 is 0 Å². The number of rotatable bonds is 10. The SMILES string of the molecule is CCCn1c(SCC(=O)Nc2sc(C(N)=O)c(C)c2C(=O)OCC)nnc1-c1csc(C)c1C. The van der Waals surface area contributed by atoms with Crippen LogP contribution >= 0.6 is 34.4 Å². The van der Waals surface area contributed by atoms with Crippen LogP contribution in [0.2, 0.25) is 0 Å². The maximum Gasteiger partial charge on any atom is 0.341 e. The van der Waals surface area contributed by atoms with E-state index in [2.05, 4.69) is 41.7 Å². The largest absolute Gasteiger partial charge is 0.462 e. The Morgan fingerprint density at radius 3 is 2.50 bits per heavy atom. The Hall–Kier alpha value is -2.70. The summed E-state index contributed by atoms with van der Waals surface area (Å²) >= 11 is 3.90. The van der Waals surface area contributed by atoms with Gasteiger partial charge in [-0.15, -0.1) is 32.9 Å². The fourth-order valence-electron chi connectivity index (χ4n) is 3.33. The summed E-state index contributed by atoms with van der Waals surface area (Å²) in [6, 6.07) is 0. The lowest BCUT2D eigenvalue weighted by Gasteiger charge is -2.09. The highest BCUT2D eigenvalue weighted by molar-refractivity contribution is 7.99. The summed E-state index contributed by atoms with van der Waals surface area (Å²) in [7, 11) is 0. The summed E-state index contributed by atoms with van der Waals surface area (Å²) in [5.41, 5.74) is 8.20. The van der Waals surface area contributed by atoms with E-state index in [0.29, 0.717) is 10.7 Å². The van der Waals surface area contributed by atoms with Gasteiger partial charge in [-0.3, -0.25) is 9.59 Å². The average molecular weight is 522 g/mol. The average Bonchev–Trinajstić information content (AvgIpc) is 3.43. The Balaban J connectivity index is 1.80. The Morgan fingerprint density at radius 1 is 1.18 bits per heavy atom. The molecule has 3 N–H and O–H groups in total. The fraction of sp³-hybridized carbons (Fsp3) is 0.409. The first kappa shape index (κ1) is 25.9. The Morgan fingerprint density at radius 2 is 1.91 bits per heavy atom. The molecule has 0 aliphatic heterocycles. The van der Waals surface area contributed by atoms with Crippen molar-refractivity contribution >= 4 is 57.2 Å². The number of primary amides is 1. The highest BCUT2D eigenvalue weighted by atomic mass is 32.2. The van der Waals surface area contributed by atoms with Crippen LogP contribution in [0.3, 0.4) is 0 Å². The van der Waals surface area contributed by atoms with E-state index in [1.807, 2.05) is 4.57 Å². The third-order valence-electron chi connectivity index (χ3n) is 5.13. The molecule has 0 atom stereocenters. The van der Waals surface area contributed by atoms with Gasteiger partial charge in [0.2, 0.25) is 5.91 Å². The number of nitrogens with one attached hydrogen (secondary N) is 1. The molecule has 0 saturated heterocycles. The van der Waals surface area contributed by atoms with Gasteiger partial charge in [0.1, 0.15) is 5.00 Å². The number of aromatic nitrogens is 3. The first-order chi connectivity index (χ1) is 16.2. The number of thioether (sulfide) groups is 1. The highest BCUT2D eigenvalue weighted by Crippen LogP contribution is 2.34. The summed E-state index contributed by atoms with van der Waals surface area (Å²) < 4.78 is 7.12. The lowest BCUT2D eigenvalue weighted by atomic mass is 10.1. The van der Waals surface area contributed by atoms with Crippen molar-refractivity contribution in [3.05, 3.63) is 31.8 Å². The molecule has 12 heteroatoms. The molecule has 2 amide bonds. The molecular weight excluding hydrogens is 494 g/mol. The number of hydrogen-bond acceptors (Lipinski definition) is 9. The first-order valence-electron chi connectivity index (χ1n) is 10.7. The van der Waals surface area contributed by atoms with Gasteiger partial charge in [-0.1, -0.05) is 18.7 Å². The molecular formula is C22H27N5O4S3. The van der Waals surface area contributed by atoms with Crippen molar-refractivity contribution in [1.82, 2.24) is 14.8 Å². The van der Waals surface area contributed by atoms with Crippen LogP contribution in [-0.4, -0.2) is 44.9 Å². The van der Waals surface area contributed by atoms with Gasteiger partial charge in [-0.25, -0.2) is 4.79 Å². The number of hydrogen-bond donors (Lipinski definition) is 2. The van der Waals surface area contributed by atoms with Crippen LogP contribution < -0.4 is 11.1 Å². The van der Waals surface area contributed by atoms with Crippen LogP contribution in [0.5, 0.6) is 0 Å². The van der Waals surface area contributed by atoms with E-state index in [4.69, 9.17) is 10.5 Å². The number of amides is 2. The molecule has 0 aliphatic rings. The predicted octanol–water partition coefficient (Wildman–Crippen LogP) is 4.41. The fourth-order valence-corrected chi connectivity index (χ4v) is 6.02. The normalized spacial score (nSPS) is 11.0. The number of thiophene rings is 2. The molecule has 0 bridgehead atoms. The molecule has 0 radical (unpaired) electrons. The van der Waals surface area contributed by atoms with Gasteiger partial charge in [-0.05, 0) is 45.2 Å². The van der Waals surface area contributed by atoms with Gasteiger partial charge in [-0.2, -0.15) is 0 Å². The second kappa shape index (κ2) is 11.2. The van der Waals surface area contributed by atoms with Crippen LogP contribution in [0.1, 0.15) is 56.3 Å². The molecule has 0 unspecified atom stereocenters. The molecule has 34 heavy (non-hydrogen) atoms. The summed E-state index contributed by atoms with van der Waals surface area (Å²) in [6.07, 6.45) is 0.889. The molecule has 3 heterocycles. The van der Waals surface area contributed by atoms with Crippen LogP contribution in [-0.2, 0) is 16.1 Å². The molecule has 0 aromatic carbocycles. The lowest BCUT2D eigenvalue weighted by molar-refractivity contribution is -0.113. The minimum atomic E-state index is -0.665. The molecule has 3 aromatic rings. The number of aryl methyl sites for hydroxylation is 1. The van der Waals surface area contributed by atoms with E-state index in [1.54, 1.807) is 25.2 Å². The standard InChI is InChI=1S/C22H27N5O4S3/c1-6-8-27-19(14-9-32-13(5)11(14)3)25-26-22(27)33-10-15(28)24-20-16(21(30)31-7-2)12(4)17(34-20)18(23)29/h9H,6-8,10H2,1-5H3,(H2,23,29)(H,24,28). The van der Waals surface area contributed by atoms with E-state index in [0.717, 1.165) is 35.7 Å². The minimum absolute atomic E-state index is 0.0502. The van der Waals surface area contributed by atoms with Crippen molar-refractivity contribution in [2.24, 2.45) is 5.73 Å². The monoisotopic (exact) mass is 521 g/mol. The number of ether oxygens (including phenoxy) is 1. The molecule has 9 nitrogen and oxygen atoms in total. The Labute approximate surface area is 210 Å². The molecule has 0 aliphatic carbocycles. The van der Waals surface area contributed by atoms with Crippen molar-refractivity contribution < 1.29 is 19.1 Å². The molecule has 182 valence electrons. The molecule has 0 spiro atoms. The van der Waals surface area contributed by atoms with Crippen LogP contribution in [0.15, 0.2) is 10.5 Å². The quantitative estimate of drug-likeness (QED) is 0.299. The van der Waals surface area contributed by atoms with Gasteiger partial charge >= 0.3 is 5.97 Å². The summed E-state index contributed by atoms with van der Waals surface area (Å²) in [5.74, 6) is -0.782. The molecule has 0 fully saturated rings. The van der Waals surface area contributed by atoms with E-state index in [1.165, 1.54) is 22.2 Å². The number of esters is 1. The second-order valence-corrected chi connectivity index (χ2v) is 10.5. The van der Waals surface area contributed by atoms with Gasteiger partial charge in [0.25, 0.3) is 5.91 Å². The van der Waals surface area contributed by atoms with Crippen molar-refractivity contribution in [1.29, 1.82) is 0 Å². The lowest BCUT2D eigenvalue weighted by Crippen LogP contribution is -2.17. The van der Waals surface area contributed by atoms with Gasteiger partial charge in [0.05, 0.1) is 22.8 Å². The second-order valence-electron chi connectivity index (χ2n) is 7.47. The third-order valence-corrected chi connectivity index (χ3v) is 8.33. The van der Waals surface area contributed by atoms with Crippen LogP contribution in [0.4, 0.5) is 5.00 Å². The maximum atomic E-state index is 12.8.